The van der Waals surface area contributed by atoms with Gasteiger partial charge in [-0.3, -0.25) is 24.0 Å². The van der Waals surface area contributed by atoms with Crippen molar-refractivity contribution in [3.63, 3.8) is 0 Å². The van der Waals surface area contributed by atoms with Gasteiger partial charge in [-0.05, 0) is 209 Å². The zero-order chi connectivity index (χ0) is 82.4. The molecule has 0 bridgehead atoms. The van der Waals surface area contributed by atoms with Crippen LogP contribution in [0.1, 0.15) is 117 Å². The molecule has 0 unspecified atom stereocenters. The van der Waals surface area contributed by atoms with E-state index in [-0.39, 0.29) is 29.3 Å². The van der Waals surface area contributed by atoms with Crippen LogP contribution in [0.4, 0.5) is 0 Å². The number of likely N-dealkylation sites (tertiary alicyclic amines) is 2. The van der Waals surface area contributed by atoms with Gasteiger partial charge >= 0.3 is 23.9 Å². The molecule has 9 aromatic carbocycles. The van der Waals surface area contributed by atoms with Crippen LogP contribution in [0.2, 0.25) is 30.1 Å². The summed E-state index contributed by atoms with van der Waals surface area (Å²) < 4.78 is 16.5. The standard InChI is InChI=1S/C32H30Cl2N2O3.C30H26Cl2N2O3.C18H13Cl2NO2.C14H19NO2/c1-3-39-31(38)32(24-9-5-4-6-10-24)17-19-35(20-18-32)30(37)26-21-36(28-12-8-7-11-27(28)34)29(22(26)2)23-13-15-25(33)16-14-23;1-20-24(28(35)33-17-15-30(16-18-33,29(36)37)22-7-3-2-4-8-22)19-34(26-10-6-5-9-25(26)32)27(20)21-11-13-23(31)14-12-21;1-11-14(18(22)23)10-21(16-5-3-2-4-15(16)20)17(11)12-6-8-13(19)9-7-12;1-2-17-13(16)14(8-10-15-11-9-14)12-6-4-3-5-7-12/h4-16,21H,3,17-20H2,1-2H3;2-14,19H,15-18H2,1H3,(H,36,37);2-10H,1H3,(H,22,23);3-7,15H,2,8-11H2,1H3. The summed E-state index contributed by atoms with van der Waals surface area (Å²) >= 11 is 37.7. The number of carboxylic acid groups (broad SMARTS) is 2. The van der Waals surface area contributed by atoms with Gasteiger partial charge in [0.15, 0.2) is 0 Å². The van der Waals surface area contributed by atoms with Crippen LogP contribution in [0.15, 0.2) is 255 Å². The van der Waals surface area contributed by atoms with Crippen LogP contribution in [0.5, 0.6) is 0 Å². The Morgan fingerprint density at radius 1 is 0.362 bits per heavy atom. The first kappa shape index (κ1) is 84.7. The third-order valence-electron chi connectivity index (χ3n) is 22.1. The highest BCUT2D eigenvalue weighted by Crippen LogP contribution is 2.43. The molecule has 6 heterocycles. The monoisotopic (exact) mass is 1670 g/mol. The fourth-order valence-electron chi connectivity index (χ4n) is 15.9. The molecule has 0 saturated carbocycles. The molecule has 12 aromatic rings. The Kier molecular flexibility index (Phi) is 27.7. The number of aromatic carboxylic acids is 1. The summed E-state index contributed by atoms with van der Waals surface area (Å²) in [6, 6.07) is 73.8. The molecule has 596 valence electrons. The van der Waals surface area contributed by atoms with E-state index in [0.717, 1.165) is 105 Å². The first-order chi connectivity index (χ1) is 55.9. The molecule has 0 aliphatic carbocycles. The number of hydrogen-bond donors (Lipinski definition) is 3. The third kappa shape index (κ3) is 18.1. The lowest BCUT2D eigenvalue weighted by atomic mass is 9.72. The Morgan fingerprint density at radius 2 is 0.638 bits per heavy atom. The summed E-state index contributed by atoms with van der Waals surface area (Å²) in [6.45, 7) is 13.5. The average molecular weight is 1670 g/mol. The van der Waals surface area contributed by atoms with E-state index in [0.29, 0.717) is 112 Å². The number of amides is 2. The molecule has 16 nitrogen and oxygen atoms in total. The predicted molar refractivity (Wildman–Crippen MR) is 462 cm³/mol. The van der Waals surface area contributed by atoms with Gasteiger partial charge < -0.3 is 48.5 Å². The number of carboxylic acids is 2. The normalized spacial score (nSPS) is 14.6. The van der Waals surface area contributed by atoms with E-state index < -0.39 is 28.2 Å². The largest absolute Gasteiger partial charge is 0.481 e. The lowest BCUT2D eigenvalue weighted by Gasteiger charge is -2.40. The van der Waals surface area contributed by atoms with E-state index in [2.05, 4.69) is 5.32 Å². The van der Waals surface area contributed by atoms with Crippen LogP contribution >= 0.6 is 69.6 Å². The summed E-state index contributed by atoms with van der Waals surface area (Å²) in [6.07, 6.45) is 8.63. The van der Waals surface area contributed by atoms with Crippen LogP contribution in [0.3, 0.4) is 0 Å². The number of piperidine rings is 3. The second-order valence-electron chi connectivity index (χ2n) is 28.8. The molecule has 15 rings (SSSR count). The van der Waals surface area contributed by atoms with Gasteiger partial charge in [-0.2, -0.15) is 0 Å². The van der Waals surface area contributed by atoms with Crippen LogP contribution < -0.4 is 5.32 Å². The summed E-state index contributed by atoms with van der Waals surface area (Å²) in [5.74, 6) is -2.31. The molecule has 2 amide bonds. The van der Waals surface area contributed by atoms with Crippen molar-refractivity contribution in [3.8, 4) is 50.8 Å². The molecule has 3 saturated heterocycles. The van der Waals surface area contributed by atoms with Gasteiger partial charge in [0.05, 0.1) is 95.4 Å². The molecule has 3 aliphatic heterocycles. The number of ether oxygens (including phenoxy) is 2. The van der Waals surface area contributed by atoms with Crippen molar-refractivity contribution >= 4 is 105 Å². The van der Waals surface area contributed by atoms with Crippen molar-refractivity contribution < 1.29 is 48.5 Å². The molecule has 3 aliphatic rings. The van der Waals surface area contributed by atoms with E-state index in [1.807, 2.05) is 277 Å². The number of hydrogen-bond acceptors (Lipinski definition) is 9. The number of carbonyl (C=O) groups is 6. The predicted octanol–water partition coefficient (Wildman–Crippen LogP) is 21.8. The van der Waals surface area contributed by atoms with Gasteiger partial charge in [0.25, 0.3) is 11.8 Å². The highest BCUT2D eigenvalue weighted by Gasteiger charge is 2.47. The quantitative estimate of drug-likeness (QED) is 0.0734. The molecule has 0 spiro atoms. The Labute approximate surface area is 705 Å². The van der Waals surface area contributed by atoms with Crippen molar-refractivity contribution in [2.75, 3.05) is 52.5 Å². The first-order valence-electron chi connectivity index (χ1n) is 38.4. The van der Waals surface area contributed by atoms with Crippen molar-refractivity contribution in [2.24, 2.45) is 0 Å². The number of nitrogens with zero attached hydrogens (tertiary/aromatic N) is 5. The Hall–Kier alpha value is -10.7. The highest BCUT2D eigenvalue weighted by molar-refractivity contribution is 6.33. The number of esters is 2. The SMILES string of the molecule is CCOC(=O)C1(c2ccccc2)CCN(C(=O)c2cn(-c3ccccc3Cl)c(-c3ccc(Cl)cc3)c2C)CC1.CCOC(=O)C1(c2ccccc2)CCNCC1.Cc1c(C(=O)N2CCC(C(=O)O)(c3ccccc3)CC2)cn(-c2ccccc2Cl)c1-c1ccc(Cl)cc1.Cc1c(C(=O)O)cn(-c2ccccc2Cl)c1-c1ccc(Cl)cc1. The Balaban J connectivity index is 0.000000149. The van der Waals surface area contributed by atoms with Crippen LogP contribution in [-0.2, 0) is 40.1 Å². The highest BCUT2D eigenvalue weighted by atomic mass is 35.5. The maximum absolute atomic E-state index is 14.0. The molecule has 3 fully saturated rings. The molecule has 3 N–H and O–H groups in total. The van der Waals surface area contributed by atoms with Gasteiger partial charge in [-0.15, -0.1) is 0 Å². The summed E-state index contributed by atoms with van der Waals surface area (Å²) in [5, 5.41) is 26.5. The van der Waals surface area contributed by atoms with E-state index in [4.69, 9.17) is 79.1 Å². The van der Waals surface area contributed by atoms with Gasteiger partial charge in [0.1, 0.15) is 0 Å². The topological polar surface area (TPSA) is 195 Å². The van der Waals surface area contributed by atoms with Crippen molar-refractivity contribution in [1.82, 2.24) is 28.8 Å². The van der Waals surface area contributed by atoms with E-state index in [1.54, 1.807) is 36.2 Å². The number of nitrogens with one attached hydrogen (secondary N) is 1. The maximum Gasteiger partial charge on any atom is 0.337 e. The van der Waals surface area contributed by atoms with Gasteiger partial charge in [0, 0.05) is 59.8 Å². The molecule has 0 atom stereocenters. The average Bonchev–Trinajstić information content (AvgIpc) is 1.60. The van der Waals surface area contributed by atoms with Gasteiger partial charge in [-0.25, -0.2) is 4.79 Å². The van der Waals surface area contributed by atoms with E-state index in [9.17, 15) is 39.0 Å². The molecule has 3 aromatic heterocycles. The molecule has 116 heavy (non-hydrogen) atoms. The van der Waals surface area contributed by atoms with Crippen molar-refractivity contribution in [2.45, 2.75) is 89.4 Å². The number of halogens is 6. The van der Waals surface area contributed by atoms with E-state index in [1.165, 1.54) is 0 Å². The van der Waals surface area contributed by atoms with Crippen LogP contribution in [0, 0.1) is 20.8 Å². The third-order valence-corrected chi connectivity index (χ3v) is 23.9. The number of benzene rings is 9. The number of carbonyl (C=O) groups excluding carboxylic acids is 4. The van der Waals surface area contributed by atoms with Gasteiger partial charge in [0.2, 0.25) is 0 Å². The Morgan fingerprint density at radius 3 is 0.940 bits per heavy atom. The fourth-order valence-corrected chi connectivity index (χ4v) is 16.9. The summed E-state index contributed by atoms with van der Waals surface area (Å²) in [5.41, 5.74) is 11.9. The van der Waals surface area contributed by atoms with E-state index >= 15 is 0 Å². The number of aliphatic carboxylic acids is 1. The molecule has 22 heteroatoms. The first-order valence-corrected chi connectivity index (χ1v) is 40.7. The van der Waals surface area contributed by atoms with Crippen LogP contribution in [-0.4, -0.2) is 122 Å². The summed E-state index contributed by atoms with van der Waals surface area (Å²) in [7, 11) is 0. The smallest absolute Gasteiger partial charge is 0.337 e. The minimum Gasteiger partial charge on any atom is -0.481 e. The molecule has 0 radical (unpaired) electrons. The lowest BCUT2D eigenvalue weighted by Crippen LogP contribution is -2.49. The minimum absolute atomic E-state index is 0.0703. The fraction of sp³-hybridized carbons (Fsp3) is 0.234. The maximum atomic E-state index is 14.0. The Bertz CT molecular complexity index is 5480. The number of rotatable bonds is 17. The number of aromatic nitrogens is 3. The minimum atomic E-state index is -0.995. The second kappa shape index (κ2) is 38.0. The lowest BCUT2D eigenvalue weighted by molar-refractivity contribution is -0.152. The zero-order valence-corrected chi connectivity index (χ0v) is 69.3. The van der Waals surface area contributed by atoms with Crippen LogP contribution in [0.25, 0.3) is 50.8 Å². The van der Waals surface area contributed by atoms with Crippen molar-refractivity contribution in [1.29, 1.82) is 0 Å². The summed E-state index contributed by atoms with van der Waals surface area (Å²) in [4.78, 5) is 80.7. The number of para-hydroxylation sites is 3. The van der Waals surface area contributed by atoms with Gasteiger partial charge in [-0.1, -0.05) is 233 Å². The second-order valence-corrected chi connectivity index (χ2v) is 31.3. The molecular weight excluding hydrogens is 1590 g/mol. The zero-order valence-electron chi connectivity index (χ0n) is 64.8. The molecular formula is C94H88Cl6N6O10. The van der Waals surface area contributed by atoms with Crippen molar-refractivity contribution in [3.05, 3.63) is 335 Å².